The van der Waals surface area contributed by atoms with Crippen molar-refractivity contribution in [1.29, 1.82) is 0 Å². The Morgan fingerprint density at radius 3 is 2.65 bits per heavy atom. The van der Waals surface area contributed by atoms with Crippen LogP contribution in [0.5, 0.6) is 5.75 Å². The van der Waals surface area contributed by atoms with Crippen molar-refractivity contribution in [2.75, 3.05) is 63.9 Å². The number of likely N-dealkylation sites (N-methyl/N-ethyl adjacent to an activating group) is 2. The smallest absolute Gasteiger partial charge is 0.227 e. The van der Waals surface area contributed by atoms with Crippen molar-refractivity contribution >= 4 is 39.7 Å². The summed E-state index contributed by atoms with van der Waals surface area (Å²) in [6.45, 7) is 2.51. The monoisotopic (exact) mass is 499 g/mol. The van der Waals surface area contributed by atoms with E-state index in [0.717, 1.165) is 52.3 Å². The first-order valence-corrected chi connectivity index (χ1v) is 12.4. The molecule has 0 aliphatic carbocycles. The molecule has 2 aromatic heterocycles. The molecule has 0 unspecified atom stereocenters. The van der Waals surface area contributed by atoms with Crippen LogP contribution in [-0.4, -0.2) is 73.6 Å². The van der Waals surface area contributed by atoms with Crippen LogP contribution in [0.3, 0.4) is 0 Å². The Bertz CT molecular complexity index is 1460. The number of rotatable bonds is 9. The Morgan fingerprint density at radius 1 is 1.08 bits per heavy atom. The number of ether oxygens (including phenoxy) is 1. The number of benzene rings is 2. The van der Waals surface area contributed by atoms with E-state index in [1.165, 1.54) is 0 Å². The molecule has 9 nitrogen and oxygen atoms in total. The van der Waals surface area contributed by atoms with Gasteiger partial charge in [-0.1, -0.05) is 18.2 Å². The summed E-state index contributed by atoms with van der Waals surface area (Å²) in [4.78, 5) is 26.5. The fourth-order valence-corrected chi connectivity index (χ4v) is 4.92. The van der Waals surface area contributed by atoms with E-state index in [1.54, 1.807) is 13.3 Å². The van der Waals surface area contributed by atoms with Gasteiger partial charge in [0.15, 0.2) is 5.78 Å². The second kappa shape index (κ2) is 10.1. The van der Waals surface area contributed by atoms with Gasteiger partial charge < -0.3 is 29.7 Å². The van der Waals surface area contributed by atoms with Gasteiger partial charge >= 0.3 is 0 Å². The fourth-order valence-electron chi connectivity index (χ4n) is 4.92. The number of ketones is 1. The van der Waals surface area contributed by atoms with Crippen molar-refractivity contribution in [3.05, 3.63) is 54.4 Å². The molecule has 0 amide bonds. The molecule has 0 spiro atoms. The number of para-hydroxylation sites is 1. The Balaban J connectivity index is 1.51. The zero-order valence-corrected chi connectivity index (χ0v) is 22.0. The van der Waals surface area contributed by atoms with E-state index in [4.69, 9.17) is 9.72 Å². The quantitative estimate of drug-likeness (QED) is 0.349. The third kappa shape index (κ3) is 4.58. The molecule has 9 heteroatoms. The zero-order valence-electron chi connectivity index (χ0n) is 22.0. The Morgan fingerprint density at radius 2 is 1.89 bits per heavy atom. The molecule has 0 saturated carbocycles. The van der Waals surface area contributed by atoms with Crippen LogP contribution in [0, 0.1) is 0 Å². The number of aromatic nitrogens is 3. The summed E-state index contributed by atoms with van der Waals surface area (Å²) in [5.41, 5.74) is 6.11. The van der Waals surface area contributed by atoms with Crippen LogP contribution >= 0.6 is 0 Å². The summed E-state index contributed by atoms with van der Waals surface area (Å²) in [5.74, 6) is 1.26. The van der Waals surface area contributed by atoms with E-state index in [0.29, 0.717) is 30.4 Å². The molecule has 3 heterocycles. The van der Waals surface area contributed by atoms with Gasteiger partial charge in [-0.25, -0.2) is 9.97 Å². The SMILES string of the molecule is CNc1cc(Nc2nccc(-c3c4n(c5ccccc35)CCC4=O)n2)c(OC)cc1N(C)CCN(C)C. The Hall–Kier alpha value is -4.11. The van der Waals surface area contributed by atoms with Crippen molar-refractivity contribution < 1.29 is 9.53 Å². The molecular formula is C28H33N7O2. The van der Waals surface area contributed by atoms with E-state index in [-0.39, 0.29) is 5.78 Å². The largest absolute Gasteiger partial charge is 0.494 e. The van der Waals surface area contributed by atoms with Crippen LogP contribution in [0.4, 0.5) is 23.0 Å². The lowest BCUT2D eigenvalue weighted by Gasteiger charge is -2.25. The first-order chi connectivity index (χ1) is 17.9. The van der Waals surface area contributed by atoms with Crippen LogP contribution in [0.2, 0.25) is 0 Å². The highest BCUT2D eigenvalue weighted by molar-refractivity contribution is 6.12. The van der Waals surface area contributed by atoms with Gasteiger partial charge in [0.1, 0.15) is 5.75 Å². The van der Waals surface area contributed by atoms with E-state index >= 15 is 0 Å². The van der Waals surface area contributed by atoms with E-state index in [9.17, 15) is 4.79 Å². The normalized spacial score (nSPS) is 12.8. The number of carbonyl (C=O) groups excluding carboxylic acids is 1. The third-order valence-corrected chi connectivity index (χ3v) is 6.84. The summed E-state index contributed by atoms with van der Waals surface area (Å²) in [6.07, 6.45) is 2.24. The molecule has 37 heavy (non-hydrogen) atoms. The van der Waals surface area contributed by atoms with E-state index in [1.807, 2.05) is 43.4 Å². The minimum atomic E-state index is 0.147. The Labute approximate surface area is 217 Å². The highest BCUT2D eigenvalue weighted by Crippen LogP contribution is 2.40. The van der Waals surface area contributed by atoms with Crippen molar-refractivity contribution in [3.8, 4) is 17.0 Å². The number of carbonyl (C=O) groups is 1. The topological polar surface area (TPSA) is 87.5 Å². The maximum atomic E-state index is 12.8. The number of anilines is 4. The van der Waals surface area contributed by atoms with Gasteiger partial charge in [0.2, 0.25) is 5.95 Å². The van der Waals surface area contributed by atoms with Gasteiger partial charge in [-0.2, -0.15) is 0 Å². The van der Waals surface area contributed by atoms with Crippen LogP contribution in [-0.2, 0) is 6.54 Å². The standard InChI is InChI=1S/C28H33N7O2/c1-29-20-16-21(25(37-5)17-23(20)34(4)15-14-33(2)3)32-28-30-12-10-19(31-28)26-18-8-6-7-9-22(18)35-13-11-24(36)27(26)35/h6-10,12,16-17,29H,11,13-15H2,1-5H3,(H,30,31,32). The highest BCUT2D eigenvalue weighted by atomic mass is 16.5. The maximum absolute atomic E-state index is 12.8. The molecule has 2 N–H and O–H groups in total. The lowest BCUT2D eigenvalue weighted by Crippen LogP contribution is -2.29. The number of hydrogen-bond donors (Lipinski definition) is 2. The average Bonchev–Trinajstić information content (AvgIpc) is 3.44. The van der Waals surface area contributed by atoms with Gasteiger partial charge in [0.25, 0.3) is 0 Å². The molecule has 1 aliphatic heterocycles. The first kappa shape index (κ1) is 24.6. The minimum Gasteiger partial charge on any atom is -0.494 e. The molecule has 0 saturated heterocycles. The molecule has 2 aromatic carbocycles. The maximum Gasteiger partial charge on any atom is 0.227 e. The number of hydrogen-bond acceptors (Lipinski definition) is 8. The molecule has 192 valence electrons. The fraction of sp³-hybridized carbons (Fsp3) is 0.321. The van der Waals surface area contributed by atoms with Gasteiger partial charge in [-0.3, -0.25) is 4.79 Å². The summed E-state index contributed by atoms with van der Waals surface area (Å²) in [7, 11) is 9.76. The molecule has 0 radical (unpaired) electrons. The van der Waals surface area contributed by atoms with Crippen molar-refractivity contribution in [2.45, 2.75) is 13.0 Å². The van der Waals surface area contributed by atoms with E-state index in [2.05, 4.69) is 57.2 Å². The molecule has 4 aromatic rings. The number of aryl methyl sites for hydroxylation is 1. The van der Waals surface area contributed by atoms with Crippen molar-refractivity contribution in [2.24, 2.45) is 0 Å². The number of Topliss-reactive ketones (excluding diaryl/α,β-unsaturated/α-hetero) is 1. The van der Waals surface area contributed by atoms with Crippen LogP contribution < -0.4 is 20.3 Å². The van der Waals surface area contributed by atoms with Gasteiger partial charge in [-0.15, -0.1) is 0 Å². The average molecular weight is 500 g/mol. The number of methoxy groups -OCH3 is 1. The van der Waals surface area contributed by atoms with Gasteiger partial charge in [0, 0.05) is 68.9 Å². The molecule has 0 bridgehead atoms. The molecule has 0 atom stereocenters. The van der Waals surface area contributed by atoms with E-state index < -0.39 is 0 Å². The van der Waals surface area contributed by atoms with Gasteiger partial charge in [0.05, 0.1) is 35.6 Å². The summed E-state index contributed by atoms with van der Waals surface area (Å²) in [6, 6.07) is 14.0. The van der Waals surface area contributed by atoms with Crippen molar-refractivity contribution in [1.82, 2.24) is 19.4 Å². The molecule has 5 rings (SSSR count). The molecule has 0 fully saturated rings. The third-order valence-electron chi connectivity index (χ3n) is 6.84. The zero-order chi connectivity index (χ0) is 26.1. The summed E-state index contributed by atoms with van der Waals surface area (Å²) < 4.78 is 7.84. The molecular weight excluding hydrogens is 466 g/mol. The number of nitrogens with zero attached hydrogens (tertiary/aromatic N) is 5. The van der Waals surface area contributed by atoms with Crippen LogP contribution in [0.15, 0.2) is 48.7 Å². The van der Waals surface area contributed by atoms with Crippen molar-refractivity contribution in [3.63, 3.8) is 0 Å². The van der Waals surface area contributed by atoms with Crippen LogP contribution in [0.1, 0.15) is 16.9 Å². The molecule has 1 aliphatic rings. The summed E-state index contributed by atoms with van der Waals surface area (Å²) >= 11 is 0. The predicted molar refractivity (Wildman–Crippen MR) is 150 cm³/mol. The second-order valence-corrected chi connectivity index (χ2v) is 9.50. The highest BCUT2D eigenvalue weighted by Gasteiger charge is 2.29. The predicted octanol–water partition coefficient (Wildman–Crippen LogP) is 4.48. The van der Waals surface area contributed by atoms with Gasteiger partial charge in [-0.05, 0) is 32.3 Å². The second-order valence-electron chi connectivity index (χ2n) is 9.50. The number of nitrogens with one attached hydrogen (secondary N) is 2. The lowest BCUT2D eigenvalue weighted by atomic mass is 10.0. The summed E-state index contributed by atoms with van der Waals surface area (Å²) in [5, 5.41) is 7.66. The number of fused-ring (bicyclic) bond motifs is 3. The lowest BCUT2D eigenvalue weighted by molar-refractivity contribution is 0.0995. The Kier molecular flexibility index (Phi) is 6.71. The minimum absolute atomic E-state index is 0.147. The van der Waals surface area contributed by atoms with Crippen LogP contribution in [0.25, 0.3) is 22.2 Å². The first-order valence-electron chi connectivity index (χ1n) is 12.4.